The average Bonchev–Trinajstić information content (AvgIpc) is 3.19. The minimum absolute atomic E-state index is 0.0464. The zero-order chi connectivity index (χ0) is 21.1. The van der Waals surface area contributed by atoms with Crippen LogP contribution in [0.1, 0.15) is 11.1 Å². The fourth-order valence-corrected chi connectivity index (χ4v) is 3.66. The molecule has 30 heavy (non-hydrogen) atoms. The third-order valence-electron chi connectivity index (χ3n) is 4.84. The second kappa shape index (κ2) is 8.73. The van der Waals surface area contributed by atoms with Crippen molar-refractivity contribution in [3.63, 3.8) is 0 Å². The Kier molecular flexibility index (Phi) is 5.87. The monoisotopic (exact) mass is 427 g/mol. The lowest BCUT2D eigenvalue weighted by Crippen LogP contribution is -2.31. The Morgan fingerprint density at radius 3 is 2.93 bits per heavy atom. The first-order valence-corrected chi connectivity index (χ1v) is 9.85. The van der Waals surface area contributed by atoms with Gasteiger partial charge in [-0.25, -0.2) is 19.3 Å². The molecule has 4 rings (SSSR count). The summed E-state index contributed by atoms with van der Waals surface area (Å²) in [6, 6.07) is 8.36. The number of nitrogens with one attached hydrogen (secondary N) is 1. The molecular formula is C21H19ClFN5O2. The normalized spacial score (nSPS) is 12.7. The van der Waals surface area contributed by atoms with Crippen LogP contribution in [0.15, 0.2) is 42.7 Å². The summed E-state index contributed by atoms with van der Waals surface area (Å²) in [5.74, 6) is -0.352. The molecule has 0 saturated carbocycles. The number of carbonyl (C=O) groups is 1. The van der Waals surface area contributed by atoms with Crippen LogP contribution in [0.2, 0.25) is 5.15 Å². The van der Waals surface area contributed by atoms with Crippen molar-refractivity contribution in [2.75, 3.05) is 29.9 Å². The number of halogens is 2. The molecule has 7 nitrogen and oxygen atoms in total. The number of fused-ring (bicyclic) bond motifs is 1. The first kappa shape index (κ1) is 20.2. The van der Waals surface area contributed by atoms with Crippen LogP contribution < -0.4 is 10.2 Å². The van der Waals surface area contributed by atoms with Gasteiger partial charge in [0.2, 0.25) is 11.9 Å². The van der Waals surface area contributed by atoms with Crippen molar-refractivity contribution in [2.45, 2.75) is 12.8 Å². The van der Waals surface area contributed by atoms with Gasteiger partial charge in [-0.15, -0.1) is 0 Å². The number of rotatable bonds is 6. The SMILES string of the molecule is O=C(Cc1cccnc1Cl)N1CCc2cc(-c3ccnc(NCCO)n3)cc(F)c21. The van der Waals surface area contributed by atoms with Gasteiger partial charge in [0, 0.05) is 31.0 Å². The summed E-state index contributed by atoms with van der Waals surface area (Å²) < 4.78 is 15.0. The number of aliphatic hydroxyl groups excluding tert-OH is 1. The van der Waals surface area contributed by atoms with Crippen LogP contribution >= 0.6 is 11.6 Å². The Balaban J connectivity index is 1.59. The van der Waals surface area contributed by atoms with E-state index >= 15 is 4.39 Å². The number of carbonyl (C=O) groups excluding carboxylic acids is 1. The molecule has 0 unspecified atom stereocenters. The van der Waals surface area contributed by atoms with E-state index in [0.717, 1.165) is 5.56 Å². The molecule has 0 fully saturated rings. The summed E-state index contributed by atoms with van der Waals surface area (Å²) >= 11 is 6.05. The van der Waals surface area contributed by atoms with E-state index in [0.29, 0.717) is 48.0 Å². The molecule has 0 atom stereocenters. The fourth-order valence-electron chi connectivity index (χ4n) is 3.47. The van der Waals surface area contributed by atoms with E-state index in [9.17, 15) is 4.79 Å². The number of hydrogen-bond donors (Lipinski definition) is 2. The summed E-state index contributed by atoms with van der Waals surface area (Å²) in [5.41, 5.74) is 2.82. The van der Waals surface area contributed by atoms with Crippen LogP contribution in [-0.2, 0) is 17.6 Å². The van der Waals surface area contributed by atoms with Gasteiger partial charge in [0.15, 0.2) is 0 Å². The topological polar surface area (TPSA) is 91.2 Å². The predicted molar refractivity (Wildman–Crippen MR) is 112 cm³/mol. The minimum atomic E-state index is -0.478. The van der Waals surface area contributed by atoms with Crippen molar-refractivity contribution in [3.05, 3.63) is 64.8 Å². The second-order valence-electron chi connectivity index (χ2n) is 6.81. The third kappa shape index (κ3) is 4.10. The van der Waals surface area contributed by atoms with Gasteiger partial charge in [-0.1, -0.05) is 17.7 Å². The second-order valence-corrected chi connectivity index (χ2v) is 7.17. The van der Waals surface area contributed by atoms with E-state index in [2.05, 4.69) is 20.3 Å². The van der Waals surface area contributed by atoms with Gasteiger partial charge in [0.25, 0.3) is 0 Å². The maximum Gasteiger partial charge on any atom is 0.231 e. The van der Waals surface area contributed by atoms with Crippen molar-refractivity contribution in [1.29, 1.82) is 0 Å². The van der Waals surface area contributed by atoms with Crippen molar-refractivity contribution in [3.8, 4) is 11.3 Å². The molecule has 0 bridgehead atoms. The zero-order valence-electron chi connectivity index (χ0n) is 16.0. The molecule has 2 aromatic heterocycles. The molecule has 1 amide bonds. The van der Waals surface area contributed by atoms with Crippen molar-refractivity contribution in [1.82, 2.24) is 15.0 Å². The zero-order valence-corrected chi connectivity index (χ0v) is 16.7. The number of hydrogen-bond acceptors (Lipinski definition) is 6. The van der Waals surface area contributed by atoms with Crippen LogP contribution in [0.4, 0.5) is 16.0 Å². The molecule has 2 N–H and O–H groups in total. The Hall–Kier alpha value is -3.10. The summed E-state index contributed by atoms with van der Waals surface area (Å²) in [7, 11) is 0. The van der Waals surface area contributed by atoms with Crippen molar-refractivity contribution < 1.29 is 14.3 Å². The summed E-state index contributed by atoms with van der Waals surface area (Å²) in [5, 5.41) is 12.1. The number of nitrogens with zero attached hydrogens (tertiary/aromatic N) is 4. The van der Waals surface area contributed by atoms with Gasteiger partial charge in [-0.05, 0) is 41.8 Å². The van der Waals surface area contributed by atoms with Gasteiger partial charge in [-0.3, -0.25) is 4.79 Å². The van der Waals surface area contributed by atoms with E-state index in [1.54, 1.807) is 30.6 Å². The molecule has 0 radical (unpaired) electrons. The third-order valence-corrected chi connectivity index (χ3v) is 5.18. The van der Waals surface area contributed by atoms with E-state index < -0.39 is 5.82 Å². The lowest BCUT2D eigenvalue weighted by Gasteiger charge is -2.18. The van der Waals surface area contributed by atoms with Gasteiger partial charge < -0.3 is 15.3 Å². The van der Waals surface area contributed by atoms with Crippen molar-refractivity contribution >= 4 is 29.1 Å². The molecule has 1 aromatic carbocycles. The largest absolute Gasteiger partial charge is 0.395 e. The molecule has 0 aliphatic carbocycles. The molecule has 9 heteroatoms. The molecule has 0 spiro atoms. The predicted octanol–water partition coefficient (Wildman–Crippen LogP) is 2.87. The summed E-state index contributed by atoms with van der Waals surface area (Å²) in [6.07, 6.45) is 3.73. The van der Waals surface area contributed by atoms with Crippen LogP contribution in [0.3, 0.4) is 0 Å². The first-order valence-electron chi connectivity index (χ1n) is 9.47. The van der Waals surface area contributed by atoms with E-state index in [4.69, 9.17) is 16.7 Å². The smallest absolute Gasteiger partial charge is 0.231 e. The highest BCUT2D eigenvalue weighted by molar-refractivity contribution is 6.30. The number of pyridine rings is 1. The maximum absolute atomic E-state index is 15.0. The molecule has 3 aromatic rings. The quantitative estimate of drug-likeness (QED) is 0.588. The van der Waals surface area contributed by atoms with Crippen LogP contribution in [0, 0.1) is 5.82 Å². The Bertz CT molecular complexity index is 1090. The van der Waals surface area contributed by atoms with Gasteiger partial charge in [-0.2, -0.15) is 0 Å². The lowest BCUT2D eigenvalue weighted by molar-refractivity contribution is -0.117. The first-order chi connectivity index (χ1) is 14.6. The lowest BCUT2D eigenvalue weighted by atomic mass is 10.0. The molecule has 3 heterocycles. The standard InChI is InChI=1S/C21H19ClFN5O2/c22-20-14(2-1-5-24-20)12-18(30)28-8-4-13-10-15(11-16(23)19(13)28)17-3-6-25-21(27-17)26-7-9-29/h1-3,5-6,10-11,29H,4,7-9,12H2,(H,25,26,27). The maximum atomic E-state index is 15.0. The highest BCUT2D eigenvalue weighted by Gasteiger charge is 2.29. The molecule has 0 saturated heterocycles. The van der Waals surface area contributed by atoms with Gasteiger partial charge >= 0.3 is 0 Å². The van der Waals surface area contributed by atoms with Crippen LogP contribution in [-0.4, -0.2) is 45.7 Å². The number of amides is 1. The fraction of sp³-hybridized carbons (Fsp3) is 0.238. The minimum Gasteiger partial charge on any atom is -0.395 e. The Morgan fingerprint density at radius 2 is 2.13 bits per heavy atom. The highest BCUT2D eigenvalue weighted by Crippen LogP contribution is 2.35. The average molecular weight is 428 g/mol. The number of benzene rings is 1. The molecule has 1 aliphatic rings. The summed E-state index contributed by atoms with van der Waals surface area (Å²) in [6.45, 7) is 0.675. The van der Waals surface area contributed by atoms with E-state index in [1.165, 1.54) is 11.0 Å². The van der Waals surface area contributed by atoms with Crippen LogP contribution in [0.5, 0.6) is 0 Å². The molecule has 1 aliphatic heterocycles. The van der Waals surface area contributed by atoms with Gasteiger partial charge in [0.1, 0.15) is 11.0 Å². The number of anilines is 2. The Morgan fingerprint density at radius 1 is 1.27 bits per heavy atom. The van der Waals surface area contributed by atoms with E-state index in [-0.39, 0.29) is 24.1 Å². The number of aromatic nitrogens is 3. The molecule has 154 valence electrons. The van der Waals surface area contributed by atoms with Gasteiger partial charge in [0.05, 0.1) is 24.4 Å². The number of aliphatic hydroxyl groups is 1. The highest BCUT2D eigenvalue weighted by atomic mass is 35.5. The van der Waals surface area contributed by atoms with Crippen LogP contribution in [0.25, 0.3) is 11.3 Å². The Labute approximate surface area is 177 Å². The molecular weight excluding hydrogens is 409 g/mol. The summed E-state index contributed by atoms with van der Waals surface area (Å²) in [4.78, 5) is 26.7. The van der Waals surface area contributed by atoms with Crippen molar-refractivity contribution in [2.24, 2.45) is 0 Å². The van der Waals surface area contributed by atoms with E-state index in [1.807, 2.05) is 6.07 Å².